The first-order chi connectivity index (χ1) is 19.8. The van der Waals surface area contributed by atoms with Gasteiger partial charge in [0.1, 0.15) is 29.6 Å². The van der Waals surface area contributed by atoms with Gasteiger partial charge in [-0.25, -0.2) is 4.79 Å². The number of carbonyl (C=O) groups is 4. The van der Waals surface area contributed by atoms with Crippen LogP contribution in [0.3, 0.4) is 0 Å². The Morgan fingerprint density at radius 1 is 0.951 bits per heavy atom. The molecule has 41 heavy (non-hydrogen) atoms. The molecule has 0 saturated heterocycles. The maximum atomic E-state index is 13.5. The smallest absolute Gasteiger partial charge is 0.411 e. The molecule has 0 aliphatic carbocycles. The van der Waals surface area contributed by atoms with Crippen molar-refractivity contribution in [3.8, 4) is 17.2 Å². The number of ketones is 2. The summed E-state index contributed by atoms with van der Waals surface area (Å²) in [6.07, 6.45) is 0.227. The number of benzene rings is 3. The molecule has 1 heterocycles. The molecule has 2 amide bonds. The Balaban J connectivity index is 1.41. The topological polar surface area (TPSA) is 111 Å². The molecule has 0 aromatic heterocycles. The van der Waals surface area contributed by atoms with Gasteiger partial charge in [-0.1, -0.05) is 37.3 Å². The van der Waals surface area contributed by atoms with Gasteiger partial charge in [-0.05, 0) is 62.2 Å². The minimum absolute atomic E-state index is 0.0459. The highest BCUT2D eigenvalue weighted by atomic mass is 16.5. The monoisotopic (exact) mass is 558 g/mol. The molecule has 1 aliphatic rings. The molecule has 1 unspecified atom stereocenters. The summed E-state index contributed by atoms with van der Waals surface area (Å²) in [6, 6.07) is 19.1. The average Bonchev–Trinajstić information content (AvgIpc) is 3.30. The molecule has 214 valence electrons. The van der Waals surface area contributed by atoms with Crippen molar-refractivity contribution in [2.24, 2.45) is 0 Å². The van der Waals surface area contributed by atoms with Crippen molar-refractivity contribution >= 4 is 29.3 Å². The van der Waals surface area contributed by atoms with E-state index in [-0.39, 0.29) is 43.5 Å². The zero-order valence-electron chi connectivity index (χ0n) is 23.5. The number of amides is 2. The Labute approximate surface area is 239 Å². The lowest BCUT2D eigenvalue weighted by Crippen LogP contribution is -2.40. The summed E-state index contributed by atoms with van der Waals surface area (Å²) in [5, 5.41) is 2.68. The first kappa shape index (κ1) is 29.3. The van der Waals surface area contributed by atoms with Gasteiger partial charge in [0.15, 0.2) is 5.78 Å². The van der Waals surface area contributed by atoms with E-state index in [0.717, 1.165) is 5.56 Å². The highest BCUT2D eigenvalue weighted by Gasteiger charge is 2.38. The van der Waals surface area contributed by atoms with Crippen LogP contribution in [-0.4, -0.2) is 41.1 Å². The molecule has 4 rings (SSSR count). The van der Waals surface area contributed by atoms with E-state index in [1.807, 2.05) is 30.3 Å². The number of nitrogens with zero attached hydrogens (tertiary/aromatic N) is 1. The van der Waals surface area contributed by atoms with Crippen LogP contribution >= 0.6 is 0 Å². The van der Waals surface area contributed by atoms with E-state index >= 15 is 0 Å². The number of rotatable bonds is 13. The van der Waals surface area contributed by atoms with E-state index in [1.165, 1.54) is 11.8 Å². The Hall–Kier alpha value is -4.66. The van der Waals surface area contributed by atoms with Gasteiger partial charge in [0, 0.05) is 30.6 Å². The van der Waals surface area contributed by atoms with Crippen molar-refractivity contribution in [3.05, 3.63) is 83.4 Å². The Morgan fingerprint density at radius 3 is 2.32 bits per heavy atom. The van der Waals surface area contributed by atoms with Crippen molar-refractivity contribution in [2.75, 3.05) is 11.9 Å². The highest BCUT2D eigenvalue weighted by Crippen LogP contribution is 2.36. The van der Waals surface area contributed by atoms with Gasteiger partial charge in [-0.3, -0.25) is 19.7 Å². The second-order valence-corrected chi connectivity index (χ2v) is 9.65. The largest absolute Gasteiger partial charge is 0.493 e. The van der Waals surface area contributed by atoms with Crippen molar-refractivity contribution in [3.63, 3.8) is 0 Å². The van der Waals surface area contributed by atoms with Crippen LogP contribution in [0.4, 0.5) is 10.5 Å². The van der Waals surface area contributed by atoms with Crippen LogP contribution in [0.2, 0.25) is 0 Å². The lowest BCUT2D eigenvalue weighted by Gasteiger charge is -2.25. The second kappa shape index (κ2) is 13.6. The fourth-order valence-electron chi connectivity index (χ4n) is 4.69. The van der Waals surface area contributed by atoms with Crippen LogP contribution in [0.5, 0.6) is 17.2 Å². The van der Waals surface area contributed by atoms with Crippen LogP contribution < -0.4 is 14.8 Å². The predicted octanol–water partition coefficient (Wildman–Crippen LogP) is 6.30. The Morgan fingerprint density at radius 2 is 1.66 bits per heavy atom. The van der Waals surface area contributed by atoms with E-state index in [1.54, 1.807) is 50.2 Å². The zero-order chi connectivity index (χ0) is 29.4. The molecule has 3 aromatic carbocycles. The minimum atomic E-state index is -0.699. The maximum absolute atomic E-state index is 13.5. The van der Waals surface area contributed by atoms with Gasteiger partial charge < -0.3 is 19.1 Å². The first-order valence-corrected chi connectivity index (χ1v) is 13.7. The molecule has 0 spiro atoms. The first-order valence-electron chi connectivity index (χ1n) is 13.7. The molecule has 0 radical (unpaired) electrons. The second-order valence-electron chi connectivity index (χ2n) is 9.65. The summed E-state index contributed by atoms with van der Waals surface area (Å²) >= 11 is 0. The van der Waals surface area contributed by atoms with Gasteiger partial charge in [0.25, 0.3) is 5.91 Å². The summed E-state index contributed by atoms with van der Waals surface area (Å²) < 4.78 is 17.1. The lowest BCUT2D eigenvalue weighted by atomic mass is 10.0. The lowest BCUT2D eigenvalue weighted by molar-refractivity contribution is -0.122. The summed E-state index contributed by atoms with van der Waals surface area (Å²) in [5.41, 5.74) is 2.13. The number of ether oxygens (including phenoxy) is 3. The molecule has 0 saturated carbocycles. The van der Waals surface area contributed by atoms with Gasteiger partial charge in [0.2, 0.25) is 0 Å². The zero-order valence-corrected chi connectivity index (χ0v) is 23.5. The predicted molar refractivity (Wildman–Crippen MR) is 153 cm³/mol. The number of nitrogens with one attached hydrogen (secondary N) is 1. The standard InChI is InChI=1S/C32H34N2O7/c1-4-25(36)15-18-28(21(3)35)34-19-22-11-12-23(30(39-5-2)29(22)31(34)37)20-40-32(38)33-24-13-16-27(17-14-24)41-26-9-7-6-8-10-26/h6-14,16-17,28H,4-5,15,18-20H2,1-3H3,(H,33,38). The molecule has 9 nitrogen and oxygen atoms in total. The average molecular weight is 559 g/mol. The van der Waals surface area contributed by atoms with Crippen molar-refractivity contribution in [1.82, 2.24) is 4.90 Å². The van der Waals surface area contributed by atoms with E-state index in [4.69, 9.17) is 14.2 Å². The third-order valence-corrected chi connectivity index (χ3v) is 6.80. The summed E-state index contributed by atoms with van der Waals surface area (Å²) in [6.45, 7) is 5.41. The summed E-state index contributed by atoms with van der Waals surface area (Å²) in [5.74, 6) is 1.20. The molecule has 3 aromatic rings. The van der Waals surface area contributed by atoms with Crippen molar-refractivity contribution in [1.29, 1.82) is 0 Å². The maximum Gasteiger partial charge on any atom is 0.411 e. The Kier molecular flexibility index (Phi) is 9.73. The molecule has 0 bridgehead atoms. The van der Waals surface area contributed by atoms with Crippen LogP contribution in [0, 0.1) is 0 Å². The molecular formula is C32H34N2O7. The van der Waals surface area contributed by atoms with Gasteiger partial charge >= 0.3 is 6.09 Å². The number of hydrogen-bond acceptors (Lipinski definition) is 7. The third kappa shape index (κ3) is 7.30. The van der Waals surface area contributed by atoms with E-state index in [0.29, 0.717) is 47.1 Å². The normalized spacial score (nSPS) is 12.9. The number of para-hydroxylation sites is 1. The quantitative estimate of drug-likeness (QED) is 0.262. The van der Waals surface area contributed by atoms with Gasteiger partial charge in [0.05, 0.1) is 18.2 Å². The van der Waals surface area contributed by atoms with Crippen LogP contribution in [0.25, 0.3) is 0 Å². The molecular weight excluding hydrogens is 524 g/mol. The number of Topliss-reactive ketones (excluding diaryl/α,β-unsaturated/α-hetero) is 2. The number of hydrogen-bond donors (Lipinski definition) is 1. The van der Waals surface area contributed by atoms with Crippen LogP contribution in [-0.2, 0) is 27.5 Å². The fourth-order valence-corrected chi connectivity index (χ4v) is 4.69. The third-order valence-electron chi connectivity index (χ3n) is 6.80. The van der Waals surface area contributed by atoms with Crippen molar-refractivity contribution in [2.45, 2.75) is 59.2 Å². The van der Waals surface area contributed by atoms with Crippen LogP contribution in [0.15, 0.2) is 66.7 Å². The van der Waals surface area contributed by atoms with E-state index in [2.05, 4.69) is 5.32 Å². The summed E-state index contributed by atoms with van der Waals surface area (Å²) in [4.78, 5) is 51.9. The molecule has 1 atom stereocenters. The van der Waals surface area contributed by atoms with Crippen LogP contribution in [0.1, 0.15) is 61.5 Å². The van der Waals surface area contributed by atoms with Gasteiger partial charge in [-0.2, -0.15) is 0 Å². The SMILES string of the molecule is CCOc1c(COC(=O)Nc2ccc(Oc3ccccc3)cc2)ccc2c1C(=O)N(C(CCC(=O)CC)C(C)=O)C2. The summed E-state index contributed by atoms with van der Waals surface area (Å²) in [7, 11) is 0. The van der Waals surface area contributed by atoms with E-state index < -0.39 is 12.1 Å². The van der Waals surface area contributed by atoms with E-state index in [9.17, 15) is 19.2 Å². The van der Waals surface area contributed by atoms with Crippen molar-refractivity contribution < 1.29 is 33.4 Å². The number of carbonyl (C=O) groups excluding carboxylic acids is 4. The fraction of sp³-hybridized carbons (Fsp3) is 0.312. The molecule has 0 fully saturated rings. The molecule has 9 heteroatoms. The number of fused-ring (bicyclic) bond motifs is 1. The Bertz CT molecular complexity index is 1400. The van der Waals surface area contributed by atoms with Gasteiger partial charge in [-0.15, -0.1) is 0 Å². The molecule has 1 aliphatic heterocycles. The minimum Gasteiger partial charge on any atom is -0.493 e. The highest BCUT2D eigenvalue weighted by molar-refractivity contribution is 6.03. The molecule has 1 N–H and O–H groups in total. The number of anilines is 1.